The van der Waals surface area contributed by atoms with Crippen molar-refractivity contribution in [3.63, 3.8) is 0 Å². The predicted molar refractivity (Wildman–Crippen MR) is 78.1 cm³/mol. The molecular weight excluding hydrogens is 250 g/mol. The van der Waals surface area contributed by atoms with E-state index in [-0.39, 0.29) is 5.91 Å². The zero-order valence-electron chi connectivity index (χ0n) is 12.3. The van der Waals surface area contributed by atoms with Gasteiger partial charge in [0.05, 0.1) is 5.54 Å². The first-order chi connectivity index (χ1) is 9.66. The van der Waals surface area contributed by atoms with Gasteiger partial charge in [-0.3, -0.25) is 9.69 Å². The molecular formula is C16H27N3O. The third-order valence-corrected chi connectivity index (χ3v) is 6.29. The van der Waals surface area contributed by atoms with Crippen LogP contribution in [0.4, 0.5) is 0 Å². The van der Waals surface area contributed by atoms with Gasteiger partial charge in [-0.1, -0.05) is 6.42 Å². The first-order valence-corrected chi connectivity index (χ1v) is 8.48. The molecule has 1 amide bonds. The van der Waals surface area contributed by atoms with Crippen molar-refractivity contribution in [1.29, 1.82) is 0 Å². The number of hydrogen-bond acceptors (Lipinski definition) is 3. The van der Waals surface area contributed by atoms with Gasteiger partial charge in [-0.25, -0.2) is 0 Å². The maximum Gasteiger partial charge on any atom is 0.237 e. The highest BCUT2D eigenvalue weighted by atomic mass is 16.1. The fourth-order valence-corrected chi connectivity index (χ4v) is 4.94. The van der Waals surface area contributed by atoms with E-state index in [1.807, 2.05) is 0 Å². The number of carbonyl (C=O) groups excluding carboxylic acids is 1. The maximum absolute atomic E-state index is 12.0. The Morgan fingerprint density at radius 2 is 1.80 bits per heavy atom. The first kappa shape index (κ1) is 13.1. The highest BCUT2D eigenvalue weighted by Gasteiger charge is 2.50. The van der Waals surface area contributed by atoms with Gasteiger partial charge < -0.3 is 11.1 Å². The second-order valence-electron chi connectivity index (χ2n) is 7.67. The summed E-state index contributed by atoms with van der Waals surface area (Å²) in [7, 11) is 0. The minimum atomic E-state index is -0.399. The molecule has 4 nitrogen and oxygen atoms in total. The molecule has 4 unspecified atom stereocenters. The molecule has 3 N–H and O–H groups in total. The summed E-state index contributed by atoms with van der Waals surface area (Å²) in [6, 6.07) is 1.14. The summed E-state index contributed by atoms with van der Waals surface area (Å²) in [6.45, 7) is 2.54. The molecule has 3 saturated carbocycles. The first-order valence-electron chi connectivity index (χ1n) is 8.48. The van der Waals surface area contributed by atoms with Gasteiger partial charge in [-0.15, -0.1) is 0 Å². The molecule has 20 heavy (non-hydrogen) atoms. The van der Waals surface area contributed by atoms with E-state index >= 15 is 0 Å². The normalized spacial score (nSPS) is 44.9. The molecule has 4 atom stereocenters. The van der Waals surface area contributed by atoms with Crippen molar-refractivity contribution in [1.82, 2.24) is 10.2 Å². The minimum Gasteiger partial charge on any atom is -0.368 e. The number of likely N-dealkylation sites (tertiary alicyclic amines) is 1. The van der Waals surface area contributed by atoms with E-state index in [0.717, 1.165) is 31.1 Å². The zero-order chi connectivity index (χ0) is 13.7. The summed E-state index contributed by atoms with van der Waals surface area (Å²) >= 11 is 0. The average Bonchev–Trinajstić information content (AvgIpc) is 2.82. The highest BCUT2D eigenvalue weighted by molar-refractivity contribution is 5.85. The Morgan fingerprint density at radius 1 is 1.10 bits per heavy atom. The Bertz CT molecular complexity index is 397. The van der Waals surface area contributed by atoms with E-state index in [1.54, 1.807) is 0 Å². The lowest BCUT2D eigenvalue weighted by Gasteiger charge is -2.30. The smallest absolute Gasteiger partial charge is 0.237 e. The molecule has 4 heteroatoms. The van der Waals surface area contributed by atoms with Crippen LogP contribution in [0.1, 0.15) is 51.4 Å². The zero-order valence-corrected chi connectivity index (χ0v) is 12.3. The van der Waals surface area contributed by atoms with Gasteiger partial charge in [-0.05, 0) is 56.8 Å². The minimum absolute atomic E-state index is 0.119. The van der Waals surface area contributed by atoms with Crippen LogP contribution in [0.5, 0.6) is 0 Å². The molecule has 3 aliphatic carbocycles. The van der Waals surface area contributed by atoms with E-state index in [1.165, 1.54) is 45.2 Å². The number of nitrogens with two attached hydrogens (primary N) is 1. The van der Waals surface area contributed by atoms with Crippen molar-refractivity contribution in [2.45, 2.75) is 69.0 Å². The van der Waals surface area contributed by atoms with E-state index in [2.05, 4.69) is 10.2 Å². The lowest BCUT2D eigenvalue weighted by Crippen LogP contribution is -2.55. The summed E-state index contributed by atoms with van der Waals surface area (Å²) in [6.07, 6.45) is 9.74. The van der Waals surface area contributed by atoms with Crippen LogP contribution in [0.25, 0.3) is 0 Å². The fraction of sp³-hybridized carbons (Fsp3) is 0.938. The molecule has 0 bridgehead atoms. The van der Waals surface area contributed by atoms with Crippen molar-refractivity contribution < 1.29 is 4.79 Å². The van der Waals surface area contributed by atoms with Gasteiger partial charge in [0.25, 0.3) is 0 Å². The molecule has 4 aliphatic rings. The second kappa shape index (κ2) is 4.70. The van der Waals surface area contributed by atoms with Gasteiger partial charge in [0.15, 0.2) is 0 Å². The Morgan fingerprint density at radius 3 is 2.40 bits per heavy atom. The van der Waals surface area contributed by atoms with Crippen LogP contribution in [0.15, 0.2) is 0 Å². The average molecular weight is 277 g/mol. The van der Waals surface area contributed by atoms with Gasteiger partial charge in [0, 0.05) is 25.2 Å². The topological polar surface area (TPSA) is 58.4 Å². The van der Waals surface area contributed by atoms with Crippen molar-refractivity contribution >= 4 is 5.91 Å². The molecule has 0 radical (unpaired) electrons. The third kappa shape index (κ3) is 2.17. The summed E-state index contributed by atoms with van der Waals surface area (Å²) in [5.74, 6) is 1.76. The molecule has 1 heterocycles. The summed E-state index contributed by atoms with van der Waals surface area (Å²) in [4.78, 5) is 14.7. The van der Waals surface area contributed by atoms with Crippen LogP contribution < -0.4 is 11.1 Å². The highest BCUT2D eigenvalue weighted by Crippen LogP contribution is 2.43. The van der Waals surface area contributed by atoms with Crippen LogP contribution in [0.2, 0.25) is 0 Å². The van der Waals surface area contributed by atoms with Gasteiger partial charge in [0.2, 0.25) is 5.91 Å². The number of primary amides is 1. The lowest BCUT2D eigenvalue weighted by molar-refractivity contribution is -0.124. The van der Waals surface area contributed by atoms with Crippen LogP contribution in [0, 0.1) is 11.8 Å². The van der Waals surface area contributed by atoms with E-state index in [0.29, 0.717) is 12.1 Å². The second-order valence-corrected chi connectivity index (χ2v) is 7.67. The Kier molecular flexibility index (Phi) is 3.08. The van der Waals surface area contributed by atoms with E-state index < -0.39 is 5.54 Å². The van der Waals surface area contributed by atoms with Gasteiger partial charge in [0.1, 0.15) is 0 Å². The van der Waals surface area contributed by atoms with E-state index in [9.17, 15) is 4.79 Å². The molecule has 0 aromatic rings. The Balaban J connectivity index is 1.42. The van der Waals surface area contributed by atoms with Gasteiger partial charge >= 0.3 is 0 Å². The standard InChI is InChI=1S/C16H27N3O/c17-15(20)16(18-13-4-5-13)7-6-14(8-16)19-9-11-2-1-3-12(11)10-19/h11-14,18H,1-10H2,(H2,17,20). The third-order valence-electron chi connectivity index (χ3n) is 6.29. The largest absolute Gasteiger partial charge is 0.368 e. The van der Waals surface area contributed by atoms with Gasteiger partial charge in [-0.2, -0.15) is 0 Å². The molecule has 4 fully saturated rings. The van der Waals surface area contributed by atoms with Crippen LogP contribution in [0.3, 0.4) is 0 Å². The van der Waals surface area contributed by atoms with Crippen molar-refractivity contribution in [2.75, 3.05) is 13.1 Å². The summed E-state index contributed by atoms with van der Waals surface area (Å²) < 4.78 is 0. The molecule has 1 aliphatic heterocycles. The Labute approximate surface area is 121 Å². The van der Waals surface area contributed by atoms with Crippen LogP contribution in [-0.4, -0.2) is 41.5 Å². The Hall–Kier alpha value is -0.610. The summed E-state index contributed by atoms with van der Waals surface area (Å²) in [5, 5.41) is 3.57. The quantitative estimate of drug-likeness (QED) is 0.813. The number of amides is 1. The van der Waals surface area contributed by atoms with Crippen LogP contribution in [-0.2, 0) is 4.79 Å². The maximum atomic E-state index is 12.0. The molecule has 0 aromatic heterocycles. The number of nitrogens with one attached hydrogen (secondary N) is 1. The number of carbonyl (C=O) groups is 1. The molecule has 112 valence electrons. The number of nitrogens with zero attached hydrogens (tertiary/aromatic N) is 1. The number of fused-ring (bicyclic) bond motifs is 1. The number of rotatable bonds is 4. The SMILES string of the molecule is NC(=O)C1(NC2CC2)CCC(N2CC3CCCC3C2)C1. The van der Waals surface area contributed by atoms with Crippen molar-refractivity contribution in [3.8, 4) is 0 Å². The monoisotopic (exact) mass is 277 g/mol. The van der Waals surface area contributed by atoms with Crippen molar-refractivity contribution in [3.05, 3.63) is 0 Å². The van der Waals surface area contributed by atoms with Crippen molar-refractivity contribution in [2.24, 2.45) is 17.6 Å². The molecule has 0 aromatic carbocycles. The fourth-order valence-electron chi connectivity index (χ4n) is 4.94. The van der Waals surface area contributed by atoms with E-state index in [4.69, 9.17) is 5.73 Å². The number of hydrogen-bond donors (Lipinski definition) is 2. The molecule has 1 saturated heterocycles. The molecule has 0 spiro atoms. The lowest BCUT2D eigenvalue weighted by atomic mass is 9.96. The summed E-state index contributed by atoms with van der Waals surface area (Å²) in [5.41, 5.74) is 5.34. The predicted octanol–water partition coefficient (Wildman–Crippen LogP) is 1.25. The van der Waals surface area contributed by atoms with Crippen LogP contribution >= 0.6 is 0 Å². The molecule has 4 rings (SSSR count).